The second-order valence-electron chi connectivity index (χ2n) is 9.72. The number of β-lactam (4-membered cyclic amide) rings is 1. The van der Waals surface area contributed by atoms with Gasteiger partial charge in [0.05, 0.1) is 23.8 Å². The van der Waals surface area contributed by atoms with Crippen LogP contribution in [0.2, 0.25) is 0 Å². The number of carbonyl (C=O) groups excluding carboxylic acids is 3. The zero-order valence-electron chi connectivity index (χ0n) is 21.8. The maximum atomic E-state index is 13.4. The van der Waals surface area contributed by atoms with Crippen LogP contribution in [0.15, 0.2) is 21.8 Å². The van der Waals surface area contributed by atoms with Crippen molar-refractivity contribution in [2.45, 2.75) is 44.7 Å². The van der Waals surface area contributed by atoms with Crippen molar-refractivity contribution >= 4 is 69.0 Å². The van der Waals surface area contributed by atoms with Crippen molar-refractivity contribution < 1.29 is 38.2 Å². The number of anilines is 1. The Morgan fingerprint density at radius 2 is 2.13 bits per heavy atom. The third-order valence-corrected chi connectivity index (χ3v) is 8.17. The summed E-state index contributed by atoms with van der Waals surface area (Å²) >= 11 is 8.15. The summed E-state index contributed by atoms with van der Waals surface area (Å²) in [6, 6.07) is -0.857. The number of hydrogen-bond acceptors (Lipinski definition) is 14. The van der Waals surface area contributed by atoms with Gasteiger partial charge < -0.3 is 34.8 Å². The highest BCUT2D eigenvalue weighted by Crippen LogP contribution is 2.42. The fourth-order valence-electron chi connectivity index (χ4n) is 3.92. The van der Waals surface area contributed by atoms with E-state index in [-0.39, 0.29) is 40.4 Å². The Morgan fingerprint density at radius 1 is 1.36 bits per heavy atom. The van der Waals surface area contributed by atoms with Gasteiger partial charge in [0.25, 0.3) is 11.8 Å². The molecule has 39 heavy (non-hydrogen) atoms. The number of nitrogens with one attached hydrogen (secondary N) is 1. The lowest BCUT2D eigenvalue weighted by atomic mass is 9.98. The highest BCUT2D eigenvalue weighted by molar-refractivity contribution is 8.00. The summed E-state index contributed by atoms with van der Waals surface area (Å²) in [5.74, 6) is -0.972. The number of thiocarbonyl (C=S) groups is 1. The number of thioether (sulfide) groups is 1. The normalized spacial score (nSPS) is 23.2. The Balaban J connectivity index is 1.50. The fourth-order valence-corrected chi connectivity index (χ4v) is 6.12. The molecule has 4 heterocycles. The molecule has 3 N–H and O–H groups in total. The number of esters is 1. The lowest BCUT2D eigenvalue weighted by molar-refractivity contribution is -0.160. The number of nitrogens with zero attached hydrogens (tertiary/aromatic N) is 3. The van der Waals surface area contributed by atoms with E-state index in [2.05, 4.69) is 15.5 Å². The second kappa shape index (κ2) is 12.2. The molecule has 1 aromatic heterocycles. The summed E-state index contributed by atoms with van der Waals surface area (Å²) in [6.07, 6.45) is 0.274. The first kappa shape index (κ1) is 29.2. The molecule has 0 aliphatic carbocycles. The quantitative estimate of drug-likeness (QED) is 0.105. The molecule has 2 fully saturated rings. The highest BCUT2D eigenvalue weighted by Gasteiger charge is 2.54. The van der Waals surface area contributed by atoms with Crippen molar-refractivity contribution in [2.75, 3.05) is 38.8 Å². The van der Waals surface area contributed by atoms with Crippen LogP contribution in [0.3, 0.4) is 0 Å². The van der Waals surface area contributed by atoms with Crippen molar-refractivity contribution in [3.63, 3.8) is 0 Å². The van der Waals surface area contributed by atoms with Gasteiger partial charge >= 0.3 is 5.97 Å². The molecule has 3 atom stereocenters. The van der Waals surface area contributed by atoms with E-state index in [0.717, 1.165) is 16.9 Å². The van der Waals surface area contributed by atoms with Crippen molar-refractivity contribution in [1.29, 1.82) is 0 Å². The second-order valence-corrected chi connectivity index (χ2v) is 12.1. The van der Waals surface area contributed by atoms with Gasteiger partial charge in [-0.05, 0) is 38.6 Å². The van der Waals surface area contributed by atoms with Crippen LogP contribution in [0, 0.1) is 5.41 Å². The predicted octanol–water partition coefficient (Wildman–Crippen LogP) is 1.38. The topological polar surface area (TPSA) is 164 Å². The molecule has 2 amide bonds. The molecule has 2 unspecified atom stereocenters. The van der Waals surface area contributed by atoms with E-state index in [1.807, 2.05) is 0 Å². The molecule has 0 aromatic carbocycles. The van der Waals surface area contributed by atoms with Crippen LogP contribution in [0.25, 0.3) is 0 Å². The van der Waals surface area contributed by atoms with E-state index in [0.29, 0.717) is 24.5 Å². The van der Waals surface area contributed by atoms with Gasteiger partial charge in [0.2, 0.25) is 11.8 Å². The van der Waals surface area contributed by atoms with Gasteiger partial charge in [-0.15, -0.1) is 23.1 Å². The molecule has 0 radical (unpaired) electrons. The van der Waals surface area contributed by atoms with Crippen LogP contribution in [0.5, 0.6) is 0 Å². The smallest absolute Gasteiger partial charge is 0.314 e. The van der Waals surface area contributed by atoms with E-state index < -0.39 is 35.5 Å². The van der Waals surface area contributed by atoms with Crippen LogP contribution in [0.1, 0.15) is 32.9 Å². The Morgan fingerprint density at radius 3 is 2.74 bits per heavy atom. The van der Waals surface area contributed by atoms with Crippen LogP contribution in [-0.2, 0) is 38.2 Å². The number of aromatic nitrogens is 1. The van der Waals surface area contributed by atoms with Gasteiger partial charge in [-0.2, -0.15) is 0 Å². The minimum atomic E-state index is -0.857. The largest absolute Gasteiger partial charge is 0.445 e. The average molecular weight is 600 g/mol. The number of oxime groups is 1. The number of hydrogen-bond donors (Lipinski definition) is 2. The minimum absolute atomic E-state index is 0.00799. The molecule has 0 saturated carbocycles. The number of amides is 2. The lowest BCUT2D eigenvalue weighted by Gasteiger charge is -2.50. The first-order valence-electron chi connectivity index (χ1n) is 11.8. The molecule has 212 valence electrons. The number of thiazole rings is 1. The molecule has 2 saturated heterocycles. The van der Waals surface area contributed by atoms with Gasteiger partial charge in [0.15, 0.2) is 10.8 Å². The minimum Gasteiger partial charge on any atom is -0.445 e. The van der Waals surface area contributed by atoms with Gasteiger partial charge in [-0.25, -0.2) is 4.98 Å². The lowest BCUT2D eigenvalue weighted by Crippen LogP contribution is -2.71. The Bertz CT molecular complexity index is 1200. The van der Waals surface area contributed by atoms with E-state index in [1.54, 1.807) is 26.2 Å². The first-order valence-corrected chi connectivity index (χ1v) is 14.2. The van der Waals surface area contributed by atoms with Crippen LogP contribution < -0.4 is 11.1 Å². The van der Waals surface area contributed by atoms with Gasteiger partial charge in [0, 0.05) is 17.6 Å². The van der Waals surface area contributed by atoms with E-state index in [1.165, 1.54) is 23.8 Å². The summed E-state index contributed by atoms with van der Waals surface area (Å²) in [5.41, 5.74) is 6.34. The number of ether oxygens (including phenoxy) is 4. The zero-order chi connectivity index (χ0) is 28.3. The predicted molar refractivity (Wildman–Crippen MR) is 147 cm³/mol. The standard InChI is InChI=1S/C23H29N5O8S3/c1-23(2,3)21(31)36-10-35-20(37)16-11(5-12-6-33-9-34-12)7-38-19-15(18(30)28(16)19)26-17(29)14(27-32-4)13-8-39-22(24)25-13/h8,12,15,19H,5-7,9-10H2,1-4H3,(H2,24,25)(H,26,29)/b27-14-/t12?,15?,19-/m1/s1. The maximum Gasteiger partial charge on any atom is 0.314 e. The number of fused-ring (bicyclic) bond motifs is 1. The highest BCUT2D eigenvalue weighted by atomic mass is 32.2. The maximum absolute atomic E-state index is 13.4. The Kier molecular flexibility index (Phi) is 9.10. The number of carbonyl (C=O) groups is 3. The monoisotopic (exact) mass is 599 g/mol. The third kappa shape index (κ3) is 6.51. The summed E-state index contributed by atoms with van der Waals surface area (Å²) in [5, 5.41) is 7.88. The first-order chi connectivity index (χ1) is 18.5. The summed E-state index contributed by atoms with van der Waals surface area (Å²) < 4.78 is 21.7. The molecule has 13 nitrogen and oxygen atoms in total. The average Bonchev–Trinajstić information content (AvgIpc) is 3.56. The van der Waals surface area contributed by atoms with Crippen LogP contribution in [0.4, 0.5) is 5.13 Å². The molecular weight excluding hydrogens is 570 g/mol. The summed E-state index contributed by atoms with van der Waals surface area (Å²) in [4.78, 5) is 48.9. The summed E-state index contributed by atoms with van der Waals surface area (Å²) in [6.45, 7) is 5.37. The fraction of sp³-hybridized carbons (Fsp3) is 0.565. The number of nitrogen functional groups attached to an aromatic ring is 1. The molecule has 3 aliphatic heterocycles. The Labute approximate surface area is 238 Å². The van der Waals surface area contributed by atoms with Crippen molar-refractivity contribution in [2.24, 2.45) is 10.6 Å². The third-order valence-electron chi connectivity index (χ3n) is 5.85. The molecule has 16 heteroatoms. The van der Waals surface area contributed by atoms with Crippen LogP contribution in [-0.4, -0.2) is 89.0 Å². The van der Waals surface area contributed by atoms with Gasteiger partial charge in [-0.3, -0.25) is 19.3 Å². The van der Waals surface area contributed by atoms with E-state index in [9.17, 15) is 14.4 Å². The molecule has 0 spiro atoms. The van der Waals surface area contributed by atoms with Gasteiger partial charge in [0.1, 0.15) is 31.0 Å². The van der Waals surface area contributed by atoms with Gasteiger partial charge in [-0.1, -0.05) is 5.16 Å². The number of rotatable bonds is 9. The van der Waals surface area contributed by atoms with E-state index in [4.69, 9.17) is 41.7 Å². The number of nitrogens with two attached hydrogens (primary N) is 1. The Hall–Kier alpha value is -2.79. The van der Waals surface area contributed by atoms with Crippen molar-refractivity contribution in [3.05, 3.63) is 22.3 Å². The molecular formula is C23H29N5O8S3. The molecule has 3 aliphatic rings. The molecule has 4 rings (SSSR count). The SMILES string of the molecule is CO/N=C(\C(=O)NC1C(=O)N2C(C(=S)OCOC(=O)C(C)(C)C)=C(CC3COCO3)CS[C@H]12)c1csc(N)n1. The zero-order valence-corrected chi connectivity index (χ0v) is 24.2. The molecule has 1 aromatic rings. The molecule has 0 bridgehead atoms. The van der Waals surface area contributed by atoms with Crippen molar-refractivity contribution in [1.82, 2.24) is 15.2 Å². The van der Waals surface area contributed by atoms with Crippen molar-refractivity contribution in [3.8, 4) is 0 Å². The summed E-state index contributed by atoms with van der Waals surface area (Å²) in [7, 11) is 1.30. The van der Waals surface area contributed by atoms with E-state index >= 15 is 0 Å². The van der Waals surface area contributed by atoms with Crippen LogP contribution >= 0.6 is 35.3 Å².